The molecular weight excluding hydrogens is 284 g/mol. The van der Waals surface area contributed by atoms with Gasteiger partial charge in [0.2, 0.25) is 0 Å². The number of rotatable bonds is 7. The zero-order chi connectivity index (χ0) is 15.1. The van der Waals surface area contributed by atoms with Gasteiger partial charge in [-0.3, -0.25) is 4.79 Å². The van der Waals surface area contributed by atoms with Crippen LogP contribution in [-0.2, 0) is 11.2 Å². The minimum Gasteiger partial charge on any atom is -0.497 e. The van der Waals surface area contributed by atoms with Gasteiger partial charge < -0.3 is 9.84 Å². The molecule has 2 aromatic carbocycles. The summed E-state index contributed by atoms with van der Waals surface area (Å²) in [4.78, 5) is 12.1. The summed E-state index contributed by atoms with van der Waals surface area (Å²) in [7, 11) is 1.63. The zero-order valence-corrected chi connectivity index (χ0v) is 12.7. The van der Waals surface area contributed by atoms with Crippen molar-refractivity contribution in [1.82, 2.24) is 0 Å². The summed E-state index contributed by atoms with van der Waals surface area (Å²) in [5.41, 5.74) is 1.16. The van der Waals surface area contributed by atoms with Gasteiger partial charge in [-0.2, -0.15) is 0 Å². The Balaban J connectivity index is 2.06. The fraction of sp³-hybridized carbons (Fsp3) is 0.235. The minimum absolute atomic E-state index is 0.0123. The van der Waals surface area contributed by atoms with Gasteiger partial charge in [-0.1, -0.05) is 30.3 Å². The van der Waals surface area contributed by atoms with E-state index in [4.69, 9.17) is 9.84 Å². The minimum atomic E-state index is -0.767. The molecule has 0 aliphatic carbocycles. The maximum Gasteiger partial charge on any atom is 0.304 e. The molecule has 2 aromatic rings. The van der Waals surface area contributed by atoms with E-state index in [2.05, 4.69) is 0 Å². The lowest BCUT2D eigenvalue weighted by molar-refractivity contribution is -0.136. The summed E-state index contributed by atoms with van der Waals surface area (Å²) in [5.74, 6) is 0.0362. The topological polar surface area (TPSA) is 46.5 Å². The van der Waals surface area contributed by atoms with Crippen LogP contribution in [0, 0.1) is 0 Å². The third-order valence-electron chi connectivity index (χ3n) is 3.07. The van der Waals surface area contributed by atoms with Crippen molar-refractivity contribution in [3.05, 3.63) is 60.2 Å². The molecule has 1 atom stereocenters. The second kappa shape index (κ2) is 7.74. The molecule has 0 bridgehead atoms. The molecule has 0 unspecified atom stereocenters. The molecule has 4 heteroatoms. The molecule has 0 aliphatic rings. The Kier molecular flexibility index (Phi) is 5.69. The van der Waals surface area contributed by atoms with E-state index in [1.807, 2.05) is 54.6 Å². The van der Waals surface area contributed by atoms with Crippen molar-refractivity contribution in [2.24, 2.45) is 0 Å². The molecule has 0 fully saturated rings. The van der Waals surface area contributed by atoms with Gasteiger partial charge in [0.15, 0.2) is 0 Å². The number of hydrogen-bond acceptors (Lipinski definition) is 3. The van der Waals surface area contributed by atoms with Crippen LogP contribution in [0.25, 0.3) is 0 Å². The first-order chi connectivity index (χ1) is 10.2. The molecule has 0 aliphatic heterocycles. The van der Waals surface area contributed by atoms with Crippen LogP contribution in [0.3, 0.4) is 0 Å². The van der Waals surface area contributed by atoms with Crippen molar-refractivity contribution in [1.29, 1.82) is 0 Å². The number of benzene rings is 2. The molecule has 0 saturated carbocycles. The Bertz CT molecular complexity index is 566. The van der Waals surface area contributed by atoms with Gasteiger partial charge in [-0.05, 0) is 36.2 Å². The summed E-state index contributed by atoms with van der Waals surface area (Å²) in [6, 6.07) is 17.7. The number of carbonyl (C=O) groups is 1. The van der Waals surface area contributed by atoms with Gasteiger partial charge in [0.25, 0.3) is 0 Å². The standard InChI is InChI=1S/C17H18O3S/c1-20-14-7-9-15(10-8-14)21-16(12-17(18)19)11-13-5-3-2-4-6-13/h2-10,16H,11-12H2,1H3,(H,18,19)/t16-/m0/s1. The number of hydrogen-bond donors (Lipinski definition) is 1. The Morgan fingerprint density at radius 2 is 1.81 bits per heavy atom. The summed E-state index contributed by atoms with van der Waals surface area (Å²) < 4.78 is 5.13. The molecule has 110 valence electrons. The Morgan fingerprint density at radius 3 is 2.38 bits per heavy atom. The Morgan fingerprint density at radius 1 is 1.14 bits per heavy atom. The first kappa shape index (κ1) is 15.4. The van der Waals surface area contributed by atoms with Gasteiger partial charge in [-0.25, -0.2) is 0 Å². The highest BCUT2D eigenvalue weighted by molar-refractivity contribution is 8.00. The van der Waals surface area contributed by atoms with Gasteiger partial charge in [0.1, 0.15) is 5.75 Å². The van der Waals surface area contributed by atoms with E-state index in [9.17, 15) is 4.79 Å². The third-order valence-corrected chi connectivity index (χ3v) is 4.28. The Labute approximate surface area is 129 Å². The predicted molar refractivity (Wildman–Crippen MR) is 85.0 cm³/mol. The molecule has 0 saturated heterocycles. The van der Waals surface area contributed by atoms with Gasteiger partial charge in [0, 0.05) is 10.1 Å². The van der Waals surface area contributed by atoms with Crippen molar-refractivity contribution >= 4 is 17.7 Å². The number of ether oxygens (including phenoxy) is 1. The molecular formula is C17H18O3S. The summed E-state index contributed by atoms with van der Waals surface area (Å²) >= 11 is 1.59. The third kappa shape index (κ3) is 5.16. The van der Waals surface area contributed by atoms with E-state index in [1.54, 1.807) is 18.9 Å². The van der Waals surface area contributed by atoms with E-state index in [1.165, 1.54) is 0 Å². The number of aliphatic carboxylic acids is 1. The first-order valence-corrected chi connectivity index (χ1v) is 7.62. The fourth-order valence-electron chi connectivity index (χ4n) is 2.07. The van der Waals surface area contributed by atoms with Crippen molar-refractivity contribution in [2.45, 2.75) is 23.0 Å². The second-order valence-electron chi connectivity index (χ2n) is 4.70. The average molecular weight is 302 g/mol. The van der Waals surface area contributed by atoms with E-state index < -0.39 is 5.97 Å². The fourth-order valence-corrected chi connectivity index (χ4v) is 3.25. The van der Waals surface area contributed by atoms with Crippen LogP contribution in [0.2, 0.25) is 0 Å². The van der Waals surface area contributed by atoms with Crippen LogP contribution >= 0.6 is 11.8 Å². The second-order valence-corrected chi connectivity index (χ2v) is 6.08. The van der Waals surface area contributed by atoms with Gasteiger partial charge >= 0.3 is 5.97 Å². The Hall–Kier alpha value is -1.94. The predicted octanol–water partition coefficient (Wildman–Crippen LogP) is 3.87. The summed E-state index contributed by atoms with van der Waals surface area (Å²) in [6.45, 7) is 0. The van der Waals surface area contributed by atoms with Crippen molar-refractivity contribution < 1.29 is 14.6 Å². The largest absolute Gasteiger partial charge is 0.497 e. The lowest BCUT2D eigenvalue weighted by Gasteiger charge is -2.15. The molecule has 1 N–H and O–H groups in total. The lowest BCUT2D eigenvalue weighted by Crippen LogP contribution is -2.13. The molecule has 3 nitrogen and oxygen atoms in total. The van der Waals surface area contributed by atoms with Gasteiger partial charge in [0.05, 0.1) is 13.5 Å². The maximum absolute atomic E-state index is 11.1. The maximum atomic E-state index is 11.1. The number of thioether (sulfide) groups is 1. The smallest absolute Gasteiger partial charge is 0.304 e. The number of carboxylic acids is 1. The molecule has 21 heavy (non-hydrogen) atoms. The molecule has 2 rings (SSSR count). The van der Waals surface area contributed by atoms with E-state index in [-0.39, 0.29) is 11.7 Å². The highest BCUT2D eigenvalue weighted by Crippen LogP contribution is 2.29. The average Bonchev–Trinajstić information content (AvgIpc) is 2.48. The summed E-state index contributed by atoms with van der Waals surface area (Å²) in [6.07, 6.45) is 0.884. The normalized spacial score (nSPS) is 11.9. The summed E-state index contributed by atoms with van der Waals surface area (Å²) in [5, 5.41) is 9.10. The van der Waals surface area contributed by atoms with Crippen LogP contribution in [0.4, 0.5) is 0 Å². The van der Waals surface area contributed by atoms with E-state index in [0.717, 1.165) is 22.6 Å². The molecule has 0 radical (unpaired) electrons. The van der Waals surface area contributed by atoms with Crippen molar-refractivity contribution in [3.8, 4) is 5.75 Å². The van der Waals surface area contributed by atoms with Crippen LogP contribution < -0.4 is 4.74 Å². The molecule has 0 heterocycles. The highest BCUT2D eigenvalue weighted by atomic mass is 32.2. The SMILES string of the molecule is COc1ccc(S[C@H](CC(=O)O)Cc2ccccc2)cc1. The van der Waals surface area contributed by atoms with Crippen LogP contribution in [-0.4, -0.2) is 23.4 Å². The quantitative estimate of drug-likeness (QED) is 0.789. The van der Waals surface area contributed by atoms with E-state index >= 15 is 0 Å². The lowest BCUT2D eigenvalue weighted by atomic mass is 10.1. The van der Waals surface area contributed by atoms with E-state index in [0.29, 0.717) is 0 Å². The molecule has 0 aromatic heterocycles. The van der Waals surface area contributed by atoms with Gasteiger partial charge in [-0.15, -0.1) is 11.8 Å². The van der Waals surface area contributed by atoms with Crippen LogP contribution in [0.5, 0.6) is 5.75 Å². The highest BCUT2D eigenvalue weighted by Gasteiger charge is 2.15. The van der Waals surface area contributed by atoms with Crippen LogP contribution in [0.15, 0.2) is 59.5 Å². The molecule has 0 spiro atoms. The first-order valence-electron chi connectivity index (χ1n) is 6.74. The monoisotopic (exact) mass is 302 g/mol. The van der Waals surface area contributed by atoms with Crippen molar-refractivity contribution in [3.63, 3.8) is 0 Å². The molecule has 0 amide bonds. The van der Waals surface area contributed by atoms with Crippen LogP contribution in [0.1, 0.15) is 12.0 Å². The van der Waals surface area contributed by atoms with Crippen molar-refractivity contribution in [2.75, 3.05) is 7.11 Å². The zero-order valence-electron chi connectivity index (χ0n) is 11.9. The number of carboxylic acid groups (broad SMARTS) is 1. The number of methoxy groups -OCH3 is 1.